The fourth-order valence-electron chi connectivity index (χ4n) is 1.90. The number of carboxylic acids is 1. The first-order valence-electron chi connectivity index (χ1n) is 6.59. The van der Waals surface area contributed by atoms with Gasteiger partial charge in [0, 0.05) is 23.7 Å². The summed E-state index contributed by atoms with van der Waals surface area (Å²) in [6, 6.07) is 4.34. The normalized spacial score (nSPS) is 11.7. The van der Waals surface area contributed by atoms with Gasteiger partial charge < -0.3 is 10.4 Å². The van der Waals surface area contributed by atoms with Gasteiger partial charge in [-0.2, -0.15) is 0 Å². The summed E-state index contributed by atoms with van der Waals surface area (Å²) in [5, 5.41) is 22.2. The molecule has 0 aromatic heterocycles. The van der Waals surface area contributed by atoms with Crippen molar-refractivity contribution in [3.8, 4) is 0 Å². The zero-order valence-corrected chi connectivity index (χ0v) is 12.0. The number of nitro groups is 1. The van der Waals surface area contributed by atoms with Gasteiger partial charge in [0.05, 0.1) is 10.8 Å². The third kappa shape index (κ3) is 4.55. The summed E-state index contributed by atoms with van der Waals surface area (Å²) in [5.41, 5.74) is 0.483. The van der Waals surface area contributed by atoms with Crippen molar-refractivity contribution in [1.29, 1.82) is 0 Å². The van der Waals surface area contributed by atoms with E-state index in [1.807, 2.05) is 0 Å². The molecule has 0 radical (unpaired) electrons. The Labute approximate surface area is 122 Å². The van der Waals surface area contributed by atoms with Crippen LogP contribution in [0.15, 0.2) is 18.2 Å². The van der Waals surface area contributed by atoms with Crippen molar-refractivity contribution < 1.29 is 19.6 Å². The number of nitrogens with zero attached hydrogens (tertiary/aromatic N) is 1. The number of benzene rings is 1. The topological polar surface area (TPSA) is 110 Å². The van der Waals surface area contributed by atoms with Crippen molar-refractivity contribution in [1.82, 2.24) is 5.32 Å². The maximum Gasteiger partial charge on any atom is 0.306 e. The highest BCUT2D eigenvalue weighted by Crippen LogP contribution is 2.20. The average molecular weight is 294 g/mol. The minimum Gasteiger partial charge on any atom is -0.481 e. The molecule has 0 saturated heterocycles. The molecule has 1 atom stereocenters. The minimum atomic E-state index is -0.865. The largest absolute Gasteiger partial charge is 0.481 e. The number of hydrogen-bond donors (Lipinski definition) is 2. The Bertz CT molecular complexity index is 556. The molecule has 0 spiro atoms. The number of nitrogens with one attached hydrogen (secondary N) is 1. The van der Waals surface area contributed by atoms with Crippen LogP contribution in [0.1, 0.15) is 35.7 Å². The van der Waals surface area contributed by atoms with E-state index in [9.17, 15) is 19.7 Å². The van der Waals surface area contributed by atoms with Gasteiger partial charge in [-0.05, 0) is 25.8 Å². The molecule has 7 heteroatoms. The number of carbonyl (C=O) groups excluding carboxylic acids is 1. The van der Waals surface area contributed by atoms with E-state index < -0.39 is 16.8 Å². The molecule has 0 aliphatic rings. The fraction of sp³-hybridized carbons (Fsp3) is 0.429. The first-order chi connectivity index (χ1) is 9.84. The van der Waals surface area contributed by atoms with Crippen LogP contribution >= 0.6 is 0 Å². The Hall–Kier alpha value is -2.44. The number of hydrogen-bond acceptors (Lipinski definition) is 4. The molecule has 2 N–H and O–H groups in total. The molecule has 0 fully saturated rings. The van der Waals surface area contributed by atoms with Crippen LogP contribution in [0.5, 0.6) is 0 Å². The summed E-state index contributed by atoms with van der Waals surface area (Å²) in [4.78, 5) is 32.9. The third-order valence-corrected chi connectivity index (χ3v) is 3.27. The monoisotopic (exact) mass is 294 g/mol. The van der Waals surface area contributed by atoms with Crippen molar-refractivity contribution in [2.24, 2.45) is 5.92 Å². The maximum absolute atomic E-state index is 12.0. The molecule has 21 heavy (non-hydrogen) atoms. The lowest BCUT2D eigenvalue weighted by molar-refractivity contribution is -0.385. The molecule has 7 nitrogen and oxygen atoms in total. The molecule has 1 aromatic rings. The summed E-state index contributed by atoms with van der Waals surface area (Å²) < 4.78 is 0. The van der Waals surface area contributed by atoms with E-state index in [0.717, 1.165) is 0 Å². The van der Waals surface area contributed by atoms with Crippen LogP contribution in [0.25, 0.3) is 0 Å². The Morgan fingerprint density at radius 3 is 2.67 bits per heavy atom. The van der Waals surface area contributed by atoms with Crippen LogP contribution in [0.4, 0.5) is 5.69 Å². The maximum atomic E-state index is 12.0. The predicted molar refractivity (Wildman–Crippen MR) is 76.2 cm³/mol. The number of carboxylic acid groups (broad SMARTS) is 1. The molecule has 1 amide bonds. The van der Waals surface area contributed by atoms with Gasteiger partial charge in [-0.25, -0.2) is 0 Å². The van der Waals surface area contributed by atoms with Crippen molar-refractivity contribution in [2.45, 2.75) is 26.7 Å². The molecule has 1 aromatic carbocycles. The summed E-state index contributed by atoms with van der Waals surface area (Å²) in [6.07, 6.45) is 0.997. The molecule has 0 saturated carbocycles. The van der Waals surface area contributed by atoms with Gasteiger partial charge in [0.2, 0.25) is 0 Å². The molecule has 1 unspecified atom stereocenters. The zero-order valence-electron chi connectivity index (χ0n) is 12.0. The Kier molecular flexibility index (Phi) is 5.83. The SMILES string of the molecule is Cc1c(C(=O)NCCCC(C)C(=O)O)cccc1[N+](=O)[O-]. The van der Waals surface area contributed by atoms with E-state index in [4.69, 9.17) is 5.11 Å². The lowest BCUT2D eigenvalue weighted by Crippen LogP contribution is -2.26. The van der Waals surface area contributed by atoms with Crippen LogP contribution in [-0.4, -0.2) is 28.5 Å². The molecular formula is C14H18N2O5. The Morgan fingerprint density at radius 1 is 1.43 bits per heavy atom. The molecule has 1 rings (SSSR count). The second-order valence-corrected chi connectivity index (χ2v) is 4.84. The van der Waals surface area contributed by atoms with E-state index in [1.165, 1.54) is 25.1 Å². The summed E-state index contributed by atoms with van der Waals surface area (Å²) >= 11 is 0. The van der Waals surface area contributed by atoms with E-state index in [0.29, 0.717) is 24.9 Å². The zero-order chi connectivity index (χ0) is 16.0. The first kappa shape index (κ1) is 16.6. The van der Waals surface area contributed by atoms with Crippen molar-refractivity contribution >= 4 is 17.6 Å². The quantitative estimate of drug-likeness (QED) is 0.455. The molecule has 0 aliphatic carbocycles. The lowest BCUT2D eigenvalue weighted by atomic mass is 10.1. The standard InChI is InChI=1S/C14H18N2O5/c1-9(14(18)19)5-4-8-15-13(17)11-6-3-7-12(10(11)2)16(20)21/h3,6-7,9H,4-5,8H2,1-2H3,(H,15,17)(H,18,19). The van der Waals surface area contributed by atoms with Crippen molar-refractivity contribution in [3.05, 3.63) is 39.4 Å². The summed E-state index contributed by atoms with van der Waals surface area (Å²) in [6.45, 7) is 3.47. The van der Waals surface area contributed by atoms with Gasteiger partial charge in [0.25, 0.3) is 11.6 Å². The number of rotatable bonds is 7. The van der Waals surface area contributed by atoms with Gasteiger partial charge >= 0.3 is 5.97 Å². The smallest absolute Gasteiger partial charge is 0.306 e. The minimum absolute atomic E-state index is 0.0952. The van der Waals surface area contributed by atoms with Crippen LogP contribution in [-0.2, 0) is 4.79 Å². The highest BCUT2D eigenvalue weighted by atomic mass is 16.6. The summed E-state index contributed by atoms with van der Waals surface area (Å²) in [5.74, 6) is -1.71. The number of amides is 1. The number of carbonyl (C=O) groups is 2. The van der Waals surface area contributed by atoms with Crippen LogP contribution in [0, 0.1) is 23.0 Å². The first-order valence-corrected chi connectivity index (χ1v) is 6.59. The van der Waals surface area contributed by atoms with Crippen LogP contribution < -0.4 is 5.32 Å². The van der Waals surface area contributed by atoms with Gasteiger partial charge in [-0.1, -0.05) is 13.0 Å². The van der Waals surface area contributed by atoms with Crippen LogP contribution in [0.2, 0.25) is 0 Å². The highest BCUT2D eigenvalue weighted by molar-refractivity contribution is 5.96. The highest BCUT2D eigenvalue weighted by Gasteiger charge is 2.17. The molecule has 0 aliphatic heterocycles. The average Bonchev–Trinajstić information content (AvgIpc) is 2.42. The third-order valence-electron chi connectivity index (χ3n) is 3.27. The van der Waals surface area contributed by atoms with E-state index >= 15 is 0 Å². The number of aliphatic carboxylic acids is 1. The van der Waals surface area contributed by atoms with Gasteiger partial charge in [-0.3, -0.25) is 19.7 Å². The summed E-state index contributed by atoms with van der Waals surface area (Å²) in [7, 11) is 0. The van der Waals surface area contributed by atoms with E-state index in [2.05, 4.69) is 5.32 Å². The second-order valence-electron chi connectivity index (χ2n) is 4.84. The molecule has 0 bridgehead atoms. The van der Waals surface area contributed by atoms with E-state index in [-0.39, 0.29) is 17.2 Å². The van der Waals surface area contributed by atoms with Crippen molar-refractivity contribution in [3.63, 3.8) is 0 Å². The lowest BCUT2D eigenvalue weighted by Gasteiger charge is -2.09. The van der Waals surface area contributed by atoms with Gasteiger partial charge in [-0.15, -0.1) is 0 Å². The predicted octanol–water partition coefficient (Wildman–Crippen LogP) is 2.13. The molecular weight excluding hydrogens is 276 g/mol. The van der Waals surface area contributed by atoms with Crippen LogP contribution in [0.3, 0.4) is 0 Å². The molecule has 114 valence electrons. The van der Waals surface area contributed by atoms with E-state index in [1.54, 1.807) is 6.92 Å². The van der Waals surface area contributed by atoms with Gasteiger partial charge in [0.15, 0.2) is 0 Å². The fourth-order valence-corrected chi connectivity index (χ4v) is 1.90. The molecule has 0 heterocycles. The van der Waals surface area contributed by atoms with Crippen molar-refractivity contribution in [2.75, 3.05) is 6.54 Å². The Balaban J connectivity index is 2.59. The number of nitro benzene ring substituents is 1. The van der Waals surface area contributed by atoms with Gasteiger partial charge in [0.1, 0.15) is 0 Å². The Morgan fingerprint density at radius 2 is 2.10 bits per heavy atom. The second kappa shape index (κ2) is 7.37.